The summed E-state index contributed by atoms with van der Waals surface area (Å²) in [6.45, 7) is 0. The van der Waals surface area contributed by atoms with Crippen LogP contribution >= 0.6 is 0 Å². The lowest BCUT2D eigenvalue weighted by Crippen LogP contribution is -2.13. The molecule has 0 unspecified atom stereocenters. The number of aryl methyl sites for hydroxylation is 1. The number of nitrogens with one attached hydrogen (secondary N) is 2. The van der Waals surface area contributed by atoms with Crippen molar-refractivity contribution in [2.45, 2.75) is 12.8 Å². The lowest BCUT2D eigenvalue weighted by Gasteiger charge is -2.11. The van der Waals surface area contributed by atoms with Crippen molar-refractivity contribution in [3.8, 4) is 11.5 Å². The van der Waals surface area contributed by atoms with Crippen LogP contribution in [0.25, 0.3) is 0 Å². The number of carbonyl (C=O) groups is 1. The second-order valence-electron chi connectivity index (χ2n) is 4.31. The molecule has 0 fully saturated rings. The third kappa shape index (κ3) is 3.54. The van der Waals surface area contributed by atoms with Crippen LogP contribution in [0.1, 0.15) is 12.1 Å². The second-order valence-corrected chi connectivity index (χ2v) is 4.31. The maximum atomic E-state index is 11.9. The van der Waals surface area contributed by atoms with Gasteiger partial charge in [0.25, 0.3) is 0 Å². The van der Waals surface area contributed by atoms with Crippen molar-refractivity contribution in [3.05, 3.63) is 42.2 Å². The first kappa shape index (κ1) is 14.0. The van der Waals surface area contributed by atoms with Crippen molar-refractivity contribution in [1.29, 1.82) is 0 Å². The molecule has 0 spiro atoms. The van der Waals surface area contributed by atoms with E-state index in [1.165, 1.54) is 0 Å². The fourth-order valence-electron chi connectivity index (χ4n) is 1.89. The van der Waals surface area contributed by atoms with E-state index in [0.717, 1.165) is 5.69 Å². The Balaban J connectivity index is 1.96. The van der Waals surface area contributed by atoms with Crippen LogP contribution < -0.4 is 14.8 Å². The zero-order valence-electron chi connectivity index (χ0n) is 11.6. The highest BCUT2D eigenvalue weighted by molar-refractivity contribution is 5.92. The van der Waals surface area contributed by atoms with E-state index in [2.05, 4.69) is 10.3 Å². The predicted molar refractivity (Wildman–Crippen MR) is 77.3 cm³/mol. The van der Waals surface area contributed by atoms with Gasteiger partial charge in [-0.3, -0.25) is 4.79 Å². The Labute approximate surface area is 117 Å². The van der Waals surface area contributed by atoms with Gasteiger partial charge < -0.3 is 19.8 Å². The summed E-state index contributed by atoms with van der Waals surface area (Å²) in [5, 5.41) is 2.84. The molecule has 1 aromatic carbocycles. The molecular formula is C15H18N2O3. The summed E-state index contributed by atoms with van der Waals surface area (Å²) in [7, 11) is 3.15. The van der Waals surface area contributed by atoms with Crippen LogP contribution in [0, 0.1) is 0 Å². The van der Waals surface area contributed by atoms with Gasteiger partial charge in [0.2, 0.25) is 5.91 Å². The van der Waals surface area contributed by atoms with Crippen molar-refractivity contribution < 1.29 is 14.3 Å². The highest BCUT2D eigenvalue weighted by atomic mass is 16.5. The number of rotatable bonds is 6. The smallest absolute Gasteiger partial charge is 0.224 e. The molecule has 1 aromatic heterocycles. The second kappa shape index (κ2) is 6.65. The summed E-state index contributed by atoms with van der Waals surface area (Å²) in [4.78, 5) is 15.0. The van der Waals surface area contributed by atoms with Gasteiger partial charge in [-0.05, 0) is 30.7 Å². The van der Waals surface area contributed by atoms with Crippen LogP contribution in [0.2, 0.25) is 0 Å². The van der Waals surface area contributed by atoms with Gasteiger partial charge in [-0.1, -0.05) is 0 Å². The van der Waals surface area contributed by atoms with E-state index in [0.29, 0.717) is 30.0 Å². The van der Waals surface area contributed by atoms with Crippen molar-refractivity contribution in [3.63, 3.8) is 0 Å². The number of benzene rings is 1. The molecule has 2 rings (SSSR count). The van der Waals surface area contributed by atoms with Crippen LogP contribution in [-0.4, -0.2) is 25.1 Å². The Bertz CT molecular complexity index is 565. The molecule has 5 heteroatoms. The Kier molecular flexibility index (Phi) is 4.65. The van der Waals surface area contributed by atoms with Crippen molar-refractivity contribution in [2.75, 3.05) is 19.5 Å². The van der Waals surface area contributed by atoms with Crippen LogP contribution in [0.15, 0.2) is 36.5 Å². The molecule has 0 bridgehead atoms. The Morgan fingerprint density at radius 2 is 2.10 bits per heavy atom. The quantitative estimate of drug-likeness (QED) is 0.851. The minimum atomic E-state index is -0.0527. The summed E-state index contributed by atoms with van der Waals surface area (Å²) in [6, 6.07) is 9.16. The maximum absolute atomic E-state index is 11.9. The van der Waals surface area contributed by atoms with E-state index in [1.54, 1.807) is 32.4 Å². The molecule has 20 heavy (non-hydrogen) atoms. The zero-order chi connectivity index (χ0) is 14.4. The number of anilines is 1. The van der Waals surface area contributed by atoms with E-state index in [1.807, 2.05) is 18.3 Å². The largest absolute Gasteiger partial charge is 0.497 e. The normalized spacial score (nSPS) is 10.1. The molecule has 2 N–H and O–H groups in total. The molecule has 0 aliphatic rings. The van der Waals surface area contributed by atoms with Crippen molar-refractivity contribution in [1.82, 2.24) is 4.98 Å². The third-order valence-electron chi connectivity index (χ3n) is 2.97. The Morgan fingerprint density at radius 1 is 1.25 bits per heavy atom. The average molecular weight is 274 g/mol. The lowest BCUT2D eigenvalue weighted by molar-refractivity contribution is -0.116. The molecule has 0 aliphatic heterocycles. The zero-order valence-corrected chi connectivity index (χ0v) is 11.6. The molecule has 2 aromatic rings. The summed E-state index contributed by atoms with van der Waals surface area (Å²) < 4.78 is 10.4. The van der Waals surface area contributed by atoms with Crippen LogP contribution in [0.4, 0.5) is 5.69 Å². The van der Waals surface area contributed by atoms with Gasteiger partial charge in [-0.25, -0.2) is 0 Å². The minimum absolute atomic E-state index is 0.0527. The van der Waals surface area contributed by atoms with Gasteiger partial charge in [0.15, 0.2) is 0 Å². The molecule has 0 atom stereocenters. The molecule has 1 heterocycles. The SMILES string of the molecule is COc1ccc(NC(=O)CCc2ccc[nH]2)c(OC)c1. The van der Waals surface area contributed by atoms with Gasteiger partial charge in [-0.2, -0.15) is 0 Å². The van der Waals surface area contributed by atoms with E-state index >= 15 is 0 Å². The first-order valence-electron chi connectivity index (χ1n) is 6.37. The minimum Gasteiger partial charge on any atom is -0.497 e. The molecular weight excluding hydrogens is 256 g/mol. The number of aromatic nitrogens is 1. The molecule has 0 radical (unpaired) electrons. The number of amides is 1. The van der Waals surface area contributed by atoms with Crippen LogP contribution in [0.5, 0.6) is 11.5 Å². The van der Waals surface area contributed by atoms with E-state index in [4.69, 9.17) is 9.47 Å². The van der Waals surface area contributed by atoms with E-state index < -0.39 is 0 Å². The summed E-state index contributed by atoms with van der Waals surface area (Å²) >= 11 is 0. The highest BCUT2D eigenvalue weighted by Crippen LogP contribution is 2.29. The molecule has 5 nitrogen and oxygen atoms in total. The van der Waals surface area contributed by atoms with Gasteiger partial charge in [0, 0.05) is 24.4 Å². The van der Waals surface area contributed by atoms with Crippen LogP contribution in [0.3, 0.4) is 0 Å². The van der Waals surface area contributed by atoms with E-state index in [9.17, 15) is 4.79 Å². The third-order valence-corrected chi connectivity index (χ3v) is 2.97. The number of hydrogen-bond donors (Lipinski definition) is 2. The van der Waals surface area contributed by atoms with Gasteiger partial charge in [0.05, 0.1) is 19.9 Å². The van der Waals surface area contributed by atoms with Crippen LogP contribution in [-0.2, 0) is 11.2 Å². The molecule has 0 saturated heterocycles. The van der Waals surface area contributed by atoms with Gasteiger partial charge in [0.1, 0.15) is 11.5 Å². The molecule has 1 amide bonds. The number of H-pyrrole nitrogens is 1. The maximum Gasteiger partial charge on any atom is 0.224 e. The monoisotopic (exact) mass is 274 g/mol. The molecule has 0 saturated carbocycles. The Morgan fingerprint density at radius 3 is 2.75 bits per heavy atom. The number of ether oxygens (including phenoxy) is 2. The average Bonchev–Trinajstić information content (AvgIpc) is 2.99. The summed E-state index contributed by atoms with van der Waals surface area (Å²) in [5.41, 5.74) is 1.69. The van der Waals surface area contributed by atoms with Crippen molar-refractivity contribution >= 4 is 11.6 Å². The van der Waals surface area contributed by atoms with Crippen molar-refractivity contribution in [2.24, 2.45) is 0 Å². The van der Waals surface area contributed by atoms with Gasteiger partial charge >= 0.3 is 0 Å². The van der Waals surface area contributed by atoms with Gasteiger partial charge in [-0.15, -0.1) is 0 Å². The fourth-order valence-corrected chi connectivity index (χ4v) is 1.89. The first-order chi connectivity index (χ1) is 9.72. The lowest BCUT2D eigenvalue weighted by atomic mass is 10.2. The fraction of sp³-hybridized carbons (Fsp3) is 0.267. The standard InChI is InChI=1S/C15H18N2O3/c1-19-12-6-7-13(14(10-12)20-2)17-15(18)8-5-11-4-3-9-16-11/h3-4,6-7,9-10,16H,5,8H2,1-2H3,(H,17,18). The number of hydrogen-bond acceptors (Lipinski definition) is 3. The Hall–Kier alpha value is -2.43. The first-order valence-corrected chi connectivity index (χ1v) is 6.37. The topological polar surface area (TPSA) is 63.3 Å². The number of carbonyl (C=O) groups excluding carboxylic acids is 1. The number of methoxy groups -OCH3 is 2. The molecule has 106 valence electrons. The summed E-state index contributed by atoms with van der Waals surface area (Å²) in [5.74, 6) is 1.21. The highest BCUT2D eigenvalue weighted by Gasteiger charge is 2.09. The number of aromatic amines is 1. The van der Waals surface area contributed by atoms with E-state index in [-0.39, 0.29) is 5.91 Å². The predicted octanol–water partition coefficient (Wildman–Crippen LogP) is 2.60. The summed E-state index contributed by atoms with van der Waals surface area (Å²) in [6.07, 6.45) is 2.94. The molecule has 0 aliphatic carbocycles.